The summed E-state index contributed by atoms with van der Waals surface area (Å²) in [6.45, 7) is 2.29. The highest BCUT2D eigenvalue weighted by atomic mass is 16.3. The van der Waals surface area contributed by atoms with E-state index in [1.165, 1.54) is 43.4 Å². The second-order valence-corrected chi connectivity index (χ2v) is 12.1. The third kappa shape index (κ3) is 3.64. The first-order valence-electron chi connectivity index (χ1n) is 15.3. The molecule has 0 spiro atoms. The summed E-state index contributed by atoms with van der Waals surface area (Å²) in [5.74, 6) is 0.609. The third-order valence-corrected chi connectivity index (χ3v) is 9.53. The SMILES string of the molecule is CC1CC=Cc2c1c(-c1cc(O)c3cc(-c4cc5ccccc5c5ccccc45)c4ccccc4c3n1)cc1ccccc21. The lowest BCUT2D eigenvalue weighted by atomic mass is 9.81. The van der Waals surface area contributed by atoms with Gasteiger partial charge in [-0.1, -0.05) is 116 Å². The molecule has 9 rings (SSSR count). The molecule has 1 unspecified atom stereocenters. The average molecular weight is 564 g/mol. The lowest BCUT2D eigenvalue weighted by molar-refractivity contribution is 0.481. The van der Waals surface area contributed by atoms with Crippen molar-refractivity contribution in [3.05, 3.63) is 139 Å². The van der Waals surface area contributed by atoms with Gasteiger partial charge in [-0.3, -0.25) is 0 Å². The Morgan fingerprint density at radius 2 is 1.14 bits per heavy atom. The van der Waals surface area contributed by atoms with Crippen LogP contribution in [0.2, 0.25) is 0 Å². The largest absolute Gasteiger partial charge is 0.507 e. The maximum absolute atomic E-state index is 11.8. The fourth-order valence-corrected chi connectivity index (χ4v) is 7.50. The standard InChI is InChI=1S/C42H29NO/c1-25-11-10-20-33-29-15-5-3-13-27(29)22-37(41(25)33)39-24-40(44)38-23-36(32-18-8-9-19-34(32)42(38)43-39)35-21-26-12-2-4-14-28(26)30-16-6-7-17-31(30)35/h2-10,12-25H,11H2,1H3,(H,43,44). The van der Waals surface area contributed by atoms with E-state index in [4.69, 9.17) is 4.98 Å². The molecule has 1 N–H and O–H groups in total. The van der Waals surface area contributed by atoms with E-state index >= 15 is 0 Å². The molecule has 208 valence electrons. The lowest BCUT2D eigenvalue weighted by Crippen LogP contribution is -2.04. The van der Waals surface area contributed by atoms with Crippen LogP contribution >= 0.6 is 0 Å². The minimum atomic E-state index is 0.253. The van der Waals surface area contributed by atoms with Crippen molar-refractivity contribution >= 4 is 60.1 Å². The zero-order valence-corrected chi connectivity index (χ0v) is 24.4. The quantitative estimate of drug-likeness (QED) is 0.212. The minimum absolute atomic E-state index is 0.253. The van der Waals surface area contributed by atoms with Crippen LogP contribution in [0.5, 0.6) is 5.75 Å². The van der Waals surface area contributed by atoms with E-state index in [0.717, 1.165) is 50.5 Å². The molecule has 1 aliphatic rings. The number of aromatic nitrogens is 1. The number of hydrogen-bond donors (Lipinski definition) is 1. The molecule has 0 radical (unpaired) electrons. The number of aromatic hydroxyl groups is 1. The Hall–Kier alpha value is -5.47. The summed E-state index contributed by atoms with van der Waals surface area (Å²) in [5, 5.41) is 22.0. The Balaban J connectivity index is 1.36. The first-order chi connectivity index (χ1) is 21.7. The van der Waals surface area contributed by atoms with Crippen LogP contribution in [-0.2, 0) is 0 Å². The van der Waals surface area contributed by atoms with Crippen molar-refractivity contribution in [1.29, 1.82) is 0 Å². The predicted octanol–water partition coefficient (Wildman–Crippen LogP) is 11.4. The summed E-state index contributed by atoms with van der Waals surface area (Å²) in [6, 6.07) is 42.8. The summed E-state index contributed by atoms with van der Waals surface area (Å²) in [7, 11) is 0. The van der Waals surface area contributed by atoms with Gasteiger partial charge in [0.1, 0.15) is 5.75 Å². The van der Waals surface area contributed by atoms with Gasteiger partial charge in [0.05, 0.1) is 11.2 Å². The molecule has 7 aromatic carbocycles. The van der Waals surface area contributed by atoms with Gasteiger partial charge in [0.25, 0.3) is 0 Å². The van der Waals surface area contributed by atoms with Gasteiger partial charge in [-0.05, 0) is 90.5 Å². The molecule has 2 nitrogen and oxygen atoms in total. The Morgan fingerprint density at radius 3 is 1.91 bits per heavy atom. The Morgan fingerprint density at radius 1 is 0.568 bits per heavy atom. The van der Waals surface area contributed by atoms with Crippen LogP contribution in [0.3, 0.4) is 0 Å². The molecular weight excluding hydrogens is 534 g/mol. The van der Waals surface area contributed by atoms with Gasteiger partial charge in [-0.25, -0.2) is 4.98 Å². The van der Waals surface area contributed by atoms with Gasteiger partial charge in [-0.15, -0.1) is 0 Å². The number of allylic oxidation sites excluding steroid dienone is 1. The summed E-state index contributed by atoms with van der Waals surface area (Å²) in [6.07, 6.45) is 5.53. The molecule has 0 saturated carbocycles. The van der Waals surface area contributed by atoms with E-state index in [9.17, 15) is 5.11 Å². The van der Waals surface area contributed by atoms with E-state index in [1.807, 2.05) is 6.07 Å². The van der Waals surface area contributed by atoms with Crippen molar-refractivity contribution in [1.82, 2.24) is 4.98 Å². The number of fused-ring (bicyclic) bond motifs is 9. The molecule has 44 heavy (non-hydrogen) atoms. The molecule has 1 aromatic heterocycles. The fourth-order valence-electron chi connectivity index (χ4n) is 7.50. The maximum Gasteiger partial charge on any atom is 0.127 e. The van der Waals surface area contributed by atoms with Gasteiger partial charge in [0.15, 0.2) is 0 Å². The Bertz CT molecular complexity index is 2500. The van der Waals surface area contributed by atoms with Crippen LogP contribution in [0.1, 0.15) is 30.4 Å². The first-order valence-corrected chi connectivity index (χ1v) is 15.3. The van der Waals surface area contributed by atoms with Crippen LogP contribution in [0.25, 0.3) is 82.5 Å². The summed E-state index contributed by atoms with van der Waals surface area (Å²) in [4.78, 5) is 5.35. The summed E-state index contributed by atoms with van der Waals surface area (Å²) < 4.78 is 0. The fraction of sp³-hybridized carbons (Fsp3) is 0.0714. The smallest absolute Gasteiger partial charge is 0.127 e. The average Bonchev–Trinajstić information content (AvgIpc) is 3.07. The zero-order chi connectivity index (χ0) is 29.4. The molecule has 0 saturated heterocycles. The van der Waals surface area contributed by atoms with Crippen molar-refractivity contribution < 1.29 is 5.11 Å². The highest BCUT2D eigenvalue weighted by Gasteiger charge is 2.23. The molecule has 1 atom stereocenters. The Kier molecular flexibility index (Phi) is 5.42. The highest BCUT2D eigenvalue weighted by Crippen LogP contribution is 2.45. The van der Waals surface area contributed by atoms with Crippen molar-refractivity contribution in [2.75, 3.05) is 0 Å². The minimum Gasteiger partial charge on any atom is -0.507 e. The van der Waals surface area contributed by atoms with Crippen LogP contribution < -0.4 is 0 Å². The van der Waals surface area contributed by atoms with E-state index in [0.29, 0.717) is 5.92 Å². The van der Waals surface area contributed by atoms with Crippen LogP contribution in [0.15, 0.2) is 127 Å². The topological polar surface area (TPSA) is 33.1 Å². The molecule has 0 fully saturated rings. The van der Waals surface area contributed by atoms with Crippen LogP contribution in [0, 0.1) is 0 Å². The van der Waals surface area contributed by atoms with Crippen molar-refractivity contribution in [2.24, 2.45) is 0 Å². The maximum atomic E-state index is 11.8. The van der Waals surface area contributed by atoms with Crippen molar-refractivity contribution in [3.8, 4) is 28.1 Å². The molecule has 0 bridgehead atoms. The normalized spacial score (nSPS) is 14.6. The number of nitrogens with zero attached hydrogens (tertiary/aromatic N) is 1. The van der Waals surface area contributed by atoms with E-state index in [1.54, 1.807) is 0 Å². The lowest BCUT2D eigenvalue weighted by Gasteiger charge is -2.24. The molecule has 1 heterocycles. The van der Waals surface area contributed by atoms with Gasteiger partial charge < -0.3 is 5.11 Å². The van der Waals surface area contributed by atoms with Crippen molar-refractivity contribution in [3.63, 3.8) is 0 Å². The van der Waals surface area contributed by atoms with Gasteiger partial charge in [-0.2, -0.15) is 0 Å². The monoisotopic (exact) mass is 563 g/mol. The summed E-state index contributed by atoms with van der Waals surface area (Å²) >= 11 is 0. The molecule has 1 aliphatic carbocycles. The summed E-state index contributed by atoms with van der Waals surface area (Å²) in [5.41, 5.74) is 7.56. The first kappa shape index (κ1) is 25.1. The predicted molar refractivity (Wildman–Crippen MR) is 186 cm³/mol. The van der Waals surface area contributed by atoms with E-state index in [-0.39, 0.29) is 5.75 Å². The molecule has 0 amide bonds. The number of pyridine rings is 1. The van der Waals surface area contributed by atoms with Crippen LogP contribution in [0.4, 0.5) is 0 Å². The number of rotatable bonds is 2. The van der Waals surface area contributed by atoms with Gasteiger partial charge >= 0.3 is 0 Å². The number of benzene rings is 7. The molecular formula is C42H29NO. The third-order valence-electron chi connectivity index (χ3n) is 9.53. The highest BCUT2D eigenvalue weighted by molar-refractivity contribution is 6.20. The van der Waals surface area contributed by atoms with E-state index < -0.39 is 0 Å². The van der Waals surface area contributed by atoms with E-state index in [2.05, 4.69) is 134 Å². The number of hydrogen-bond acceptors (Lipinski definition) is 2. The molecule has 0 aliphatic heterocycles. The van der Waals surface area contributed by atoms with Crippen molar-refractivity contribution in [2.45, 2.75) is 19.3 Å². The zero-order valence-electron chi connectivity index (χ0n) is 24.4. The second-order valence-electron chi connectivity index (χ2n) is 12.1. The Labute approximate surface area is 255 Å². The van der Waals surface area contributed by atoms with Gasteiger partial charge in [0.2, 0.25) is 0 Å². The second kappa shape index (κ2) is 9.52. The van der Waals surface area contributed by atoms with Crippen LogP contribution in [-0.4, -0.2) is 10.1 Å². The molecule has 8 aromatic rings. The molecule has 2 heteroatoms. The van der Waals surface area contributed by atoms with Gasteiger partial charge in [0, 0.05) is 22.4 Å².